The van der Waals surface area contributed by atoms with Crippen LogP contribution < -0.4 is 5.32 Å². The maximum atomic E-state index is 12.4. The highest BCUT2D eigenvalue weighted by Crippen LogP contribution is 2.28. The van der Waals surface area contributed by atoms with Crippen molar-refractivity contribution in [2.24, 2.45) is 0 Å². The minimum Gasteiger partial charge on any atom is -0.300 e. The summed E-state index contributed by atoms with van der Waals surface area (Å²) in [4.78, 5) is 12.4. The van der Waals surface area contributed by atoms with E-state index in [1.807, 2.05) is 48.5 Å². The first-order valence-electron chi connectivity index (χ1n) is 8.92. The molecule has 1 amide bonds. The summed E-state index contributed by atoms with van der Waals surface area (Å²) in [6.07, 6.45) is 0.290. The lowest BCUT2D eigenvalue weighted by Crippen LogP contribution is -2.14. The van der Waals surface area contributed by atoms with Crippen LogP contribution in [0.4, 0.5) is 5.13 Å². The van der Waals surface area contributed by atoms with Gasteiger partial charge in [0.1, 0.15) is 0 Å². The maximum absolute atomic E-state index is 12.4. The summed E-state index contributed by atoms with van der Waals surface area (Å²) in [5, 5.41) is 22.6. The van der Waals surface area contributed by atoms with Crippen molar-refractivity contribution in [3.8, 4) is 6.07 Å². The molecular weight excluding hydrogens is 400 g/mol. The molecule has 1 N–H and O–H groups in total. The SMILES string of the molecule is N#Cc1ccc(CSc2nnc(NC(=O)Cc3ccc4ccccc4c3)s2)cc1. The first kappa shape index (κ1) is 19.1. The van der Waals surface area contributed by atoms with Crippen molar-refractivity contribution in [1.29, 1.82) is 5.26 Å². The van der Waals surface area contributed by atoms with E-state index < -0.39 is 0 Å². The molecule has 0 atom stereocenters. The zero-order valence-electron chi connectivity index (χ0n) is 15.3. The van der Waals surface area contributed by atoms with E-state index in [1.165, 1.54) is 11.3 Å². The van der Waals surface area contributed by atoms with Crippen LogP contribution in [0, 0.1) is 11.3 Å². The molecule has 4 rings (SSSR count). The lowest BCUT2D eigenvalue weighted by Gasteiger charge is -2.04. The lowest BCUT2D eigenvalue weighted by molar-refractivity contribution is -0.115. The van der Waals surface area contributed by atoms with Gasteiger partial charge in [0.2, 0.25) is 11.0 Å². The number of nitrogens with zero attached hydrogens (tertiary/aromatic N) is 3. The normalized spacial score (nSPS) is 10.6. The fourth-order valence-electron chi connectivity index (χ4n) is 2.84. The van der Waals surface area contributed by atoms with Gasteiger partial charge in [-0.2, -0.15) is 5.26 Å². The number of amides is 1. The predicted molar refractivity (Wildman–Crippen MR) is 117 cm³/mol. The van der Waals surface area contributed by atoms with E-state index in [0.717, 1.165) is 32.0 Å². The van der Waals surface area contributed by atoms with Gasteiger partial charge in [-0.25, -0.2) is 0 Å². The van der Waals surface area contributed by atoms with Gasteiger partial charge in [0.25, 0.3) is 0 Å². The molecule has 3 aromatic carbocycles. The first-order chi connectivity index (χ1) is 14.2. The monoisotopic (exact) mass is 416 g/mol. The topological polar surface area (TPSA) is 78.7 Å². The number of thioether (sulfide) groups is 1. The highest BCUT2D eigenvalue weighted by molar-refractivity contribution is 8.00. The summed E-state index contributed by atoms with van der Waals surface area (Å²) in [6, 6.07) is 23.7. The van der Waals surface area contributed by atoms with Gasteiger partial charge < -0.3 is 5.32 Å². The third kappa shape index (κ3) is 4.99. The van der Waals surface area contributed by atoms with Crippen LogP contribution >= 0.6 is 23.1 Å². The Labute approximate surface area is 176 Å². The van der Waals surface area contributed by atoms with E-state index in [1.54, 1.807) is 23.9 Å². The van der Waals surface area contributed by atoms with Crippen molar-refractivity contribution in [3.05, 3.63) is 83.4 Å². The van der Waals surface area contributed by atoms with Gasteiger partial charge >= 0.3 is 0 Å². The molecule has 0 radical (unpaired) electrons. The number of rotatable bonds is 6. The van der Waals surface area contributed by atoms with Crippen molar-refractivity contribution in [2.75, 3.05) is 5.32 Å². The third-order valence-electron chi connectivity index (χ3n) is 4.28. The highest BCUT2D eigenvalue weighted by Gasteiger charge is 2.10. The molecule has 0 aliphatic rings. The molecule has 0 spiro atoms. The molecule has 142 valence electrons. The van der Waals surface area contributed by atoms with Crippen LogP contribution in [0.1, 0.15) is 16.7 Å². The van der Waals surface area contributed by atoms with E-state index in [4.69, 9.17) is 5.26 Å². The molecule has 0 saturated carbocycles. The molecule has 0 fully saturated rings. The number of aromatic nitrogens is 2. The van der Waals surface area contributed by atoms with Crippen LogP contribution in [0.25, 0.3) is 10.8 Å². The number of nitriles is 1. The largest absolute Gasteiger partial charge is 0.300 e. The summed E-state index contributed by atoms with van der Waals surface area (Å²) in [5.74, 6) is 0.617. The number of hydrogen-bond acceptors (Lipinski definition) is 6. The van der Waals surface area contributed by atoms with Gasteiger partial charge in [0.05, 0.1) is 18.1 Å². The molecule has 7 heteroatoms. The van der Waals surface area contributed by atoms with Crippen LogP contribution in [0.2, 0.25) is 0 Å². The fraction of sp³-hybridized carbons (Fsp3) is 0.0909. The van der Waals surface area contributed by atoms with Crippen molar-refractivity contribution >= 4 is 44.9 Å². The molecule has 5 nitrogen and oxygen atoms in total. The molecule has 29 heavy (non-hydrogen) atoms. The molecule has 0 unspecified atom stereocenters. The Morgan fingerprint density at radius 2 is 1.76 bits per heavy atom. The Bertz CT molecular complexity index is 1200. The van der Waals surface area contributed by atoms with E-state index in [2.05, 4.69) is 27.6 Å². The molecular formula is C22H16N4OS2. The molecule has 4 aromatic rings. The summed E-state index contributed by atoms with van der Waals surface area (Å²) < 4.78 is 0.787. The highest BCUT2D eigenvalue weighted by atomic mass is 32.2. The maximum Gasteiger partial charge on any atom is 0.230 e. The predicted octanol–water partition coefficient (Wildman–Crippen LogP) is 5.04. The van der Waals surface area contributed by atoms with Gasteiger partial charge in [-0.1, -0.05) is 77.7 Å². The minimum absolute atomic E-state index is 0.111. The number of hydrogen-bond donors (Lipinski definition) is 1. The molecule has 0 bridgehead atoms. The number of anilines is 1. The van der Waals surface area contributed by atoms with Crippen LogP contribution in [0.5, 0.6) is 0 Å². The summed E-state index contributed by atoms with van der Waals surface area (Å²) in [6.45, 7) is 0. The van der Waals surface area contributed by atoms with Gasteiger partial charge in [-0.3, -0.25) is 4.79 Å². The Balaban J connectivity index is 1.32. The Hall–Kier alpha value is -3.21. The number of carbonyl (C=O) groups excluding carboxylic acids is 1. The second-order valence-corrected chi connectivity index (χ2v) is 8.58. The van der Waals surface area contributed by atoms with Crippen molar-refractivity contribution in [1.82, 2.24) is 10.2 Å². The smallest absolute Gasteiger partial charge is 0.230 e. The molecule has 1 heterocycles. The van der Waals surface area contributed by atoms with E-state index in [-0.39, 0.29) is 12.3 Å². The standard InChI is InChI=1S/C22H16N4OS2/c23-13-15-5-7-16(8-6-15)14-28-22-26-25-21(29-22)24-20(27)12-17-9-10-18-3-1-2-4-19(18)11-17/h1-11H,12,14H2,(H,24,25,27). The minimum atomic E-state index is -0.111. The van der Waals surface area contributed by atoms with Crippen molar-refractivity contribution in [3.63, 3.8) is 0 Å². The second kappa shape index (κ2) is 8.86. The lowest BCUT2D eigenvalue weighted by atomic mass is 10.1. The second-order valence-electron chi connectivity index (χ2n) is 6.38. The fourth-order valence-corrected chi connectivity index (χ4v) is 4.56. The number of nitrogens with one attached hydrogen (secondary N) is 1. The van der Waals surface area contributed by atoms with Gasteiger partial charge in [-0.15, -0.1) is 10.2 Å². The number of carbonyl (C=O) groups is 1. The summed E-state index contributed by atoms with van der Waals surface area (Å²) >= 11 is 2.91. The number of fused-ring (bicyclic) bond motifs is 1. The van der Waals surface area contributed by atoms with E-state index in [0.29, 0.717) is 10.7 Å². The third-order valence-corrected chi connectivity index (χ3v) is 6.32. The van der Waals surface area contributed by atoms with Gasteiger partial charge in [0.15, 0.2) is 4.34 Å². The molecule has 0 saturated heterocycles. The Morgan fingerprint density at radius 1 is 1.00 bits per heavy atom. The average molecular weight is 417 g/mol. The van der Waals surface area contributed by atoms with Crippen molar-refractivity contribution in [2.45, 2.75) is 16.5 Å². The van der Waals surface area contributed by atoms with Gasteiger partial charge in [-0.05, 0) is 34.0 Å². The van der Waals surface area contributed by atoms with Crippen LogP contribution in [0.15, 0.2) is 71.1 Å². The van der Waals surface area contributed by atoms with Crippen molar-refractivity contribution < 1.29 is 4.79 Å². The molecule has 1 aromatic heterocycles. The van der Waals surface area contributed by atoms with Crippen LogP contribution in [0.3, 0.4) is 0 Å². The van der Waals surface area contributed by atoms with Crippen LogP contribution in [-0.4, -0.2) is 16.1 Å². The van der Waals surface area contributed by atoms with Crippen LogP contribution in [-0.2, 0) is 17.0 Å². The van der Waals surface area contributed by atoms with E-state index in [9.17, 15) is 4.79 Å². The Morgan fingerprint density at radius 3 is 2.55 bits per heavy atom. The molecule has 0 aliphatic heterocycles. The average Bonchev–Trinajstić information content (AvgIpc) is 3.19. The Kier molecular flexibility index (Phi) is 5.84. The first-order valence-corrected chi connectivity index (χ1v) is 10.7. The summed E-state index contributed by atoms with van der Waals surface area (Å²) in [5.41, 5.74) is 2.71. The summed E-state index contributed by atoms with van der Waals surface area (Å²) in [7, 11) is 0. The number of benzene rings is 3. The zero-order valence-corrected chi connectivity index (χ0v) is 17.0. The molecule has 0 aliphatic carbocycles. The zero-order chi connectivity index (χ0) is 20.1. The van der Waals surface area contributed by atoms with E-state index >= 15 is 0 Å². The quantitative estimate of drug-likeness (QED) is 0.352. The van der Waals surface area contributed by atoms with Gasteiger partial charge in [0, 0.05) is 5.75 Å².